The Labute approximate surface area is 110 Å². The maximum absolute atomic E-state index is 11.3. The Morgan fingerprint density at radius 2 is 2.00 bits per heavy atom. The van der Waals surface area contributed by atoms with Crippen LogP contribution in [-0.2, 0) is 22.3 Å². The normalized spacial score (nSPS) is 11.7. The van der Waals surface area contributed by atoms with Gasteiger partial charge in [0.05, 0.1) is 0 Å². The van der Waals surface area contributed by atoms with E-state index in [0.29, 0.717) is 12.4 Å². The Morgan fingerprint density at radius 1 is 1.32 bits per heavy atom. The molecule has 3 N–H and O–H groups in total. The van der Waals surface area contributed by atoms with Crippen molar-refractivity contribution < 1.29 is 12.9 Å². The molecule has 0 bridgehead atoms. The highest BCUT2D eigenvalue weighted by Crippen LogP contribution is 2.17. The summed E-state index contributed by atoms with van der Waals surface area (Å²) in [7, 11) is -2.08. The summed E-state index contributed by atoms with van der Waals surface area (Å²) in [6, 6.07) is 7.33. The highest BCUT2D eigenvalue weighted by Gasteiger charge is 2.15. The van der Waals surface area contributed by atoms with E-state index in [1.54, 1.807) is 0 Å². The minimum Gasteiger partial charge on any atom is -0.338 e. The summed E-state index contributed by atoms with van der Waals surface area (Å²) in [5.41, 5.74) is 7.24. The van der Waals surface area contributed by atoms with E-state index >= 15 is 0 Å². The molecule has 1 aromatic carbocycles. The monoisotopic (exact) mass is 282 g/mol. The molecule has 7 nitrogen and oxygen atoms in total. The van der Waals surface area contributed by atoms with E-state index in [0.717, 1.165) is 11.1 Å². The molecule has 0 aliphatic rings. The third kappa shape index (κ3) is 3.37. The van der Waals surface area contributed by atoms with Crippen molar-refractivity contribution in [3.05, 3.63) is 35.7 Å². The lowest BCUT2D eigenvalue weighted by Crippen LogP contribution is -2.20. The summed E-state index contributed by atoms with van der Waals surface area (Å²) in [6.45, 7) is 0.457. The third-order valence-corrected chi connectivity index (χ3v) is 3.79. The van der Waals surface area contributed by atoms with Crippen molar-refractivity contribution in [3.8, 4) is 11.4 Å². The molecule has 0 spiro atoms. The molecule has 0 amide bonds. The zero-order chi connectivity index (χ0) is 13.9. The third-order valence-electron chi connectivity index (χ3n) is 2.54. The van der Waals surface area contributed by atoms with Crippen molar-refractivity contribution in [3.63, 3.8) is 0 Å². The molecule has 0 radical (unpaired) electrons. The average molecular weight is 282 g/mol. The fourth-order valence-electron chi connectivity index (χ4n) is 1.46. The summed E-state index contributed by atoms with van der Waals surface area (Å²) in [4.78, 5) is 4.04. The summed E-state index contributed by atoms with van der Waals surface area (Å²) >= 11 is 0. The second-order valence-corrected chi connectivity index (χ2v) is 5.80. The van der Waals surface area contributed by atoms with Gasteiger partial charge in [0.25, 0.3) is 0 Å². The molecular formula is C11H14N4O3S. The smallest absolute Gasteiger partial charge is 0.243 e. The van der Waals surface area contributed by atoms with Gasteiger partial charge in [0.1, 0.15) is 5.75 Å². The highest BCUT2D eigenvalue weighted by atomic mass is 32.2. The van der Waals surface area contributed by atoms with Gasteiger partial charge in [0.2, 0.25) is 21.7 Å². The van der Waals surface area contributed by atoms with Gasteiger partial charge in [-0.3, -0.25) is 0 Å². The van der Waals surface area contributed by atoms with Crippen LogP contribution in [0.15, 0.2) is 28.8 Å². The van der Waals surface area contributed by atoms with E-state index in [9.17, 15) is 8.42 Å². The van der Waals surface area contributed by atoms with Gasteiger partial charge in [-0.2, -0.15) is 4.98 Å². The summed E-state index contributed by atoms with van der Waals surface area (Å²) in [6.07, 6.45) is 0. The standard InChI is InChI=1S/C11H14N4O3S/c1-13-19(16,17)7-10-14-11(15-18-10)9-4-2-8(6-12)3-5-9/h2-5,13H,6-7,12H2,1H3. The SMILES string of the molecule is CNS(=O)(=O)Cc1nc(-c2ccc(CN)cc2)no1. The fourth-order valence-corrected chi connectivity index (χ4v) is 2.04. The Balaban J connectivity index is 2.20. The molecule has 1 aromatic heterocycles. The van der Waals surface area contributed by atoms with Gasteiger partial charge in [-0.15, -0.1) is 0 Å². The van der Waals surface area contributed by atoms with Gasteiger partial charge in [-0.1, -0.05) is 29.4 Å². The number of rotatable bonds is 5. The molecule has 102 valence electrons. The van der Waals surface area contributed by atoms with Crippen LogP contribution in [0.5, 0.6) is 0 Å². The molecule has 0 fully saturated rings. The van der Waals surface area contributed by atoms with Crippen LogP contribution in [0.3, 0.4) is 0 Å². The zero-order valence-corrected chi connectivity index (χ0v) is 11.1. The van der Waals surface area contributed by atoms with Gasteiger partial charge in [-0.05, 0) is 12.6 Å². The molecule has 8 heteroatoms. The Bertz CT molecular complexity index is 649. The molecule has 1 heterocycles. The van der Waals surface area contributed by atoms with Crippen LogP contribution in [-0.4, -0.2) is 25.6 Å². The lowest BCUT2D eigenvalue weighted by atomic mass is 10.1. The van der Waals surface area contributed by atoms with Crippen LogP contribution in [0.2, 0.25) is 0 Å². The molecule has 0 aliphatic carbocycles. The van der Waals surface area contributed by atoms with E-state index < -0.39 is 10.0 Å². The van der Waals surface area contributed by atoms with E-state index in [2.05, 4.69) is 14.9 Å². The van der Waals surface area contributed by atoms with Crippen molar-refractivity contribution in [2.45, 2.75) is 12.3 Å². The number of nitrogens with one attached hydrogen (secondary N) is 1. The van der Waals surface area contributed by atoms with Crippen LogP contribution >= 0.6 is 0 Å². The fraction of sp³-hybridized carbons (Fsp3) is 0.273. The minimum absolute atomic E-state index is 0.0484. The van der Waals surface area contributed by atoms with Crippen molar-refractivity contribution in [2.75, 3.05) is 7.05 Å². The molecular weight excluding hydrogens is 268 g/mol. The molecule has 19 heavy (non-hydrogen) atoms. The van der Waals surface area contributed by atoms with Crippen LogP contribution in [0, 0.1) is 0 Å². The van der Waals surface area contributed by atoms with Crippen LogP contribution in [0.4, 0.5) is 0 Å². The first kappa shape index (κ1) is 13.7. The molecule has 0 saturated heterocycles. The molecule has 0 atom stereocenters. The summed E-state index contributed by atoms with van der Waals surface area (Å²) in [5, 5.41) is 3.75. The zero-order valence-electron chi connectivity index (χ0n) is 10.3. The molecule has 0 unspecified atom stereocenters. The van der Waals surface area contributed by atoms with Crippen LogP contribution < -0.4 is 10.5 Å². The van der Waals surface area contributed by atoms with Gasteiger partial charge in [0, 0.05) is 12.1 Å². The quantitative estimate of drug-likeness (QED) is 0.813. The topological polar surface area (TPSA) is 111 Å². The molecule has 2 aromatic rings. The first-order chi connectivity index (χ1) is 9.04. The van der Waals surface area contributed by atoms with Crippen molar-refractivity contribution >= 4 is 10.0 Å². The van der Waals surface area contributed by atoms with Gasteiger partial charge >= 0.3 is 0 Å². The number of nitrogens with two attached hydrogens (primary N) is 1. The Hall–Kier alpha value is -1.77. The number of benzene rings is 1. The first-order valence-electron chi connectivity index (χ1n) is 5.57. The number of sulfonamides is 1. The number of hydrogen-bond donors (Lipinski definition) is 2. The van der Waals surface area contributed by atoms with Gasteiger partial charge in [-0.25, -0.2) is 13.1 Å². The van der Waals surface area contributed by atoms with Crippen molar-refractivity contribution in [1.82, 2.24) is 14.9 Å². The maximum Gasteiger partial charge on any atom is 0.243 e. The molecule has 0 aliphatic heterocycles. The lowest BCUT2D eigenvalue weighted by Gasteiger charge is -1.97. The predicted molar refractivity (Wildman–Crippen MR) is 69.3 cm³/mol. The summed E-state index contributed by atoms with van der Waals surface area (Å²) in [5.74, 6) is 0.0642. The average Bonchev–Trinajstić information content (AvgIpc) is 2.86. The number of hydrogen-bond acceptors (Lipinski definition) is 6. The molecule has 0 saturated carbocycles. The first-order valence-corrected chi connectivity index (χ1v) is 7.22. The predicted octanol–water partition coefficient (Wildman–Crippen LogP) is 0.245. The highest BCUT2D eigenvalue weighted by molar-refractivity contribution is 7.88. The van der Waals surface area contributed by atoms with Crippen LogP contribution in [0.25, 0.3) is 11.4 Å². The van der Waals surface area contributed by atoms with E-state index in [1.165, 1.54) is 7.05 Å². The minimum atomic E-state index is -3.41. The maximum atomic E-state index is 11.3. The Kier molecular flexibility index (Phi) is 3.93. The number of aromatic nitrogens is 2. The largest absolute Gasteiger partial charge is 0.338 e. The second kappa shape index (κ2) is 5.47. The van der Waals surface area contributed by atoms with Gasteiger partial charge in [0.15, 0.2) is 0 Å². The Morgan fingerprint density at radius 3 is 2.58 bits per heavy atom. The number of nitrogens with zero attached hydrogens (tertiary/aromatic N) is 2. The second-order valence-electron chi connectivity index (χ2n) is 3.88. The van der Waals surface area contributed by atoms with E-state index in [-0.39, 0.29) is 11.6 Å². The van der Waals surface area contributed by atoms with Gasteiger partial charge < -0.3 is 10.3 Å². The van der Waals surface area contributed by atoms with Crippen molar-refractivity contribution in [2.24, 2.45) is 5.73 Å². The summed E-state index contributed by atoms with van der Waals surface area (Å²) < 4.78 is 29.8. The van der Waals surface area contributed by atoms with Crippen LogP contribution in [0.1, 0.15) is 11.5 Å². The molecule has 2 rings (SSSR count). The van der Waals surface area contributed by atoms with Crippen molar-refractivity contribution in [1.29, 1.82) is 0 Å². The van der Waals surface area contributed by atoms with E-state index in [4.69, 9.17) is 10.3 Å². The van der Waals surface area contributed by atoms with E-state index in [1.807, 2.05) is 24.3 Å². The lowest BCUT2D eigenvalue weighted by molar-refractivity contribution is 0.389.